The van der Waals surface area contributed by atoms with Gasteiger partial charge >= 0.3 is 0 Å². The van der Waals surface area contributed by atoms with Crippen LogP contribution in [0.5, 0.6) is 0 Å². The summed E-state index contributed by atoms with van der Waals surface area (Å²) in [5.41, 5.74) is 9.17. The molecule has 1 aromatic heterocycles. The number of rotatable bonds is 5. The third kappa shape index (κ3) is 4.39. The zero-order valence-electron chi connectivity index (χ0n) is 16.6. The molecule has 1 atom stereocenters. The van der Waals surface area contributed by atoms with Gasteiger partial charge in [0.25, 0.3) is 5.91 Å². The summed E-state index contributed by atoms with van der Waals surface area (Å²) >= 11 is 3.54. The van der Waals surface area contributed by atoms with Crippen molar-refractivity contribution >= 4 is 27.7 Å². The number of benzene rings is 1. The zero-order chi connectivity index (χ0) is 20.4. The number of piperidine rings is 1. The first-order chi connectivity index (χ1) is 14.0. The fourth-order valence-electron chi connectivity index (χ4n) is 4.57. The zero-order valence-corrected chi connectivity index (χ0v) is 18.2. The lowest BCUT2D eigenvalue weighted by atomic mass is 9.92. The van der Waals surface area contributed by atoms with Gasteiger partial charge < -0.3 is 10.6 Å². The van der Waals surface area contributed by atoms with Crippen LogP contribution in [0.4, 0.5) is 0 Å². The number of amides is 2. The van der Waals surface area contributed by atoms with Crippen molar-refractivity contribution in [1.29, 1.82) is 0 Å². The maximum absolute atomic E-state index is 13.4. The minimum Gasteiger partial charge on any atom is -0.370 e. The Morgan fingerprint density at radius 1 is 1.21 bits per heavy atom. The van der Waals surface area contributed by atoms with Gasteiger partial charge in [0.1, 0.15) is 0 Å². The Bertz CT molecular complexity index is 924. The Morgan fingerprint density at radius 2 is 2.03 bits per heavy atom. The average Bonchev–Trinajstić information content (AvgIpc) is 3.12. The van der Waals surface area contributed by atoms with Crippen LogP contribution in [0.2, 0.25) is 0 Å². The maximum Gasteiger partial charge on any atom is 0.274 e. The van der Waals surface area contributed by atoms with Crippen molar-refractivity contribution in [1.82, 2.24) is 14.7 Å². The van der Waals surface area contributed by atoms with E-state index >= 15 is 0 Å². The molecule has 2 N–H and O–H groups in total. The lowest BCUT2D eigenvalue weighted by molar-refractivity contribution is -0.118. The molecule has 0 spiro atoms. The molecule has 154 valence electrons. The lowest BCUT2D eigenvalue weighted by Gasteiger charge is -2.32. The minimum atomic E-state index is -0.268. The topological polar surface area (TPSA) is 81.2 Å². The van der Waals surface area contributed by atoms with Crippen molar-refractivity contribution in [2.75, 3.05) is 13.1 Å². The molecule has 0 radical (unpaired) electrons. The molecular weight excluding hydrogens is 432 g/mol. The standard InChI is InChI=1S/C22H27BrN4O2/c23-16-6-3-7-17(13-16)27-19-9-2-1-8-18(19)21(25-27)22(29)26-12-4-5-15(14-26)10-11-20(24)28/h3,6-7,13,15H,1-2,4-5,8-12,14H2,(H2,24,28)/t15-/m0/s1. The van der Waals surface area contributed by atoms with Crippen molar-refractivity contribution in [2.45, 2.75) is 51.4 Å². The Hall–Kier alpha value is -2.15. The number of nitrogens with two attached hydrogens (primary N) is 1. The van der Waals surface area contributed by atoms with Gasteiger partial charge in [0, 0.05) is 35.2 Å². The first-order valence-electron chi connectivity index (χ1n) is 10.5. The first-order valence-corrected chi connectivity index (χ1v) is 11.3. The molecule has 1 saturated heterocycles. The van der Waals surface area contributed by atoms with E-state index in [1.807, 2.05) is 33.8 Å². The molecule has 1 fully saturated rings. The van der Waals surface area contributed by atoms with Gasteiger partial charge in [0.2, 0.25) is 5.91 Å². The Morgan fingerprint density at radius 3 is 2.83 bits per heavy atom. The van der Waals surface area contributed by atoms with Gasteiger partial charge in [-0.3, -0.25) is 9.59 Å². The number of likely N-dealkylation sites (tertiary alicyclic amines) is 1. The maximum atomic E-state index is 13.4. The van der Waals surface area contributed by atoms with Gasteiger partial charge in [-0.05, 0) is 69.1 Å². The summed E-state index contributed by atoms with van der Waals surface area (Å²) in [4.78, 5) is 26.5. The van der Waals surface area contributed by atoms with E-state index in [1.54, 1.807) is 0 Å². The molecule has 4 rings (SSSR count). The number of carbonyl (C=O) groups excluding carboxylic acids is 2. The van der Waals surface area contributed by atoms with Crippen LogP contribution in [-0.2, 0) is 17.6 Å². The van der Waals surface area contributed by atoms with Crippen LogP contribution in [0.25, 0.3) is 5.69 Å². The number of fused-ring (bicyclic) bond motifs is 1. The van der Waals surface area contributed by atoms with Gasteiger partial charge in [0.15, 0.2) is 5.69 Å². The number of nitrogens with zero attached hydrogens (tertiary/aromatic N) is 3. The second kappa shape index (κ2) is 8.69. The van der Waals surface area contributed by atoms with Crippen LogP contribution in [0.15, 0.2) is 28.7 Å². The highest BCUT2D eigenvalue weighted by Gasteiger charge is 2.31. The summed E-state index contributed by atoms with van der Waals surface area (Å²) in [5, 5.41) is 4.81. The normalized spacial score (nSPS) is 19.1. The van der Waals surface area contributed by atoms with Crippen LogP contribution in [0.1, 0.15) is 60.3 Å². The van der Waals surface area contributed by atoms with Crippen LogP contribution < -0.4 is 5.73 Å². The largest absolute Gasteiger partial charge is 0.370 e. The van der Waals surface area contributed by atoms with E-state index in [0.29, 0.717) is 24.6 Å². The molecule has 1 aromatic carbocycles. The molecule has 7 heteroatoms. The van der Waals surface area contributed by atoms with E-state index in [0.717, 1.165) is 67.2 Å². The molecule has 1 aliphatic carbocycles. The molecule has 2 amide bonds. The quantitative estimate of drug-likeness (QED) is 0.742. The van der Waals surface area contributed by atoms with E-state index in [1.165, 1.54) is 5.69 Å². The second-order valence-electron chi connectivity index (χ2n) is 8.14. The minimum absolute atomic E-state index is 0.0284. The van der Waals surface area contributed by atoms with E-state index < -0.39 is 0 Å². The van der Waals surface area contributed by atoms with Gasteiger partial charge in [-0.2, -0.15) is 5.10 Å². The molecule has 2 aliphatic rings. The summed E-state index contributed by atoms with van der Waals surface area (Å²) in [7, 11) is 0. The van der Waals surface area contributed by atoms with Crippen molar-refractivity contribution in [3.63, 3.8) is 0 Å². The van der Waals surface area contributed by atoms with Crippen molar-refractivity contribution in [3.8, 4) is 5.69 Å². The number of hydrogen-bond acceptors (Lipinski definition) is 3. The van der Waals surface area contributed by atoms with E-state index in [9.17, 15) is 9.59 Å². The summed E-state index contributed by atoms with van der Waals surface area (Å²) < 4.78 is 2.96. The molecule has 0 saturated carbocycles. The third-order valence-electron chi connectivity index (χ3n) is 6.04. The summed E-state index contributed by atoms with van der Waals surface area (Å²) in [6.45, 7) is 1.44. The molecule has 0 bridgehead atoms. The second-order valence-corrected chi connectivity index (χ2v) is 9.05. The smallest absolute Gasteiger partial charge is 0.274 e. The number of aromatic nitrogens is 2. The highest BCUT2D eigenvalue weighted by molar-refractivity contribution is 9.10. The van der Waals surface area contributed by atoms with Crippen molar-refractivity contribution in [3.05, 3.63) is 45.7 Å². The lowest BCUT2D eigenvalue weighted by Crippen LogP contribution is -2.40. The monoisotopic (exact) mass is 458 g/mol. The highest BCUT2D eigenvalue weighted by atomic mass is 79.9. The van der Waals surface area contributed by atoms with Crippen molar-refractivity contribution < 1.29 is 9.59 Å². The summed E-state index contributed by atoms with van der Waals surface area (Å²) in [5.74, 6) is 0.0964. The van der Waals surface area contributed by atoms with Crippen LogP contribution >= 0.6 is 15.9 Å². The fourth-order valence-corrected chi connectivity index (χ4v) is 4.96. The summed E-state index contributed by atoms with van der Waals surface area (Å²) in [6, 6.07) is 8.05. The van der Waals surface area contributed by atoms with Gasteiger partial charge in [-0.15, -0.1) is 0 Å². The molecule has 2 heterocycles. The van der Waals surface area contributed by atoms with Gasteiger partial charge in [0.05, 0.1) is 5.69 Å². The fraction of sp³-hybridized carbons (Fsp3) is 0.500. The predicted octanol–water partition coefficient (Wildman–Crippen LogP) is 3.63. The highest BCUT2D eigenvalue weighted by Crippen LogP contribution is 2.30. The van der Waals surface area contributed by atoms with Crippen LogP contribution in [0.3, 0.4) is 0 Å². The van der Waals surface area contributed by atoms with E-state index in [-0.39, 0.29) is 11.8 Å². The first kappa shape index (κ1) is 20.1. The molecular formula is C22H27BrN4O2. The average molecular weight is 459 g/mol. The number of hydrogen-bond donors (Lipinski definition) is 1. The molecule has 29 heavy (non-hydrogen) atoms. The predicted molar refractivity (Wildman–Crippen MR) is 115 cm³/mol. The van der Waals surface area contributed by atoms with E-state index in [2.05, 4.69) is 15.9 Å². The van der Waals surface area contributed by atoms with Crippen molar-refractivity contribution in [2.24, 2.45) is 11.7 Å². The third-order valence-corrected chi connectivity index (χ3v) is 6.53. The number of carbonyl (C=O) groups is 2. The Labute approximate surface area is 179 Å². The Kier molecular flexibility index (Phi) is 6.04. The van der Waals surface area contributed by atoms with Crippen LogP contribution in [0, 0.1) is 5.92 Å². The van der Waals surface area contributed by atoms with Gasteiger partial charge in [-0.1, -0.05) is 22.0 Å². The molecule has 1 aliphatic heterocycles. The number of primary amides is 1. The molecule has 0 unspecified atom stereocenters. The van der Waals surface area contributed by atoms with Gasteiger partial charge in [-0.25, -0.2) is 4.68 Å². The SMILES string of the molecule is NC(=O)CC[C@@H]1CCCN(C(=O)c2nn(-c3cccc(Br)c3)c3c2CCCC3)C1. The number of halogens is 1. The van der Waals surface area contributed by atoms with Crippen LogP contribution in [-0.4, -0.2) is 39.6 Å². The van der Waals surface area contributed by atoms with E-state index in [4.69, 9.17) is 10.8 Å². The molecule has 6 nitrogen and oxygen atoms in total. The summed E-state index contributed by atoms with van der Waals surface area (Å²) in [6.07, 6.45) is 7.22. The molecule has 2 aromatic rings. The Balaban J connectivity index is 1.61.